The minimum absolute atomic E-state index is 0.250. The molecule has 0 aliphatic carbocycles. The van der Waals surface area contributed by atoms with Crippen LogP contribution in [0, 0.1) is 0 Å². The Morgan fingerprint density at radius 3 is 2.45 bits per heavy atom. The minimum Gasteiger partial charge on any atom is -0.399 e. The number of piperidine rings is 1. The molecule has 7 heteroatoms. The number of benzene rings is 1. The molecule has 2 aliphatic heterocycles. The Bertz CT molecular complexity index is 579. The summed E-state index contributed by atoms with van der Waals surface area (Å²) in [5.74, 6) is -0.751. The van der Waals surface area contributed by atoms with Gasteiger partial charge in [0.25, 0.3) is 0 Å². The van der Waals surface area contributed by atoms with Gasteiger partial charge in [0.2, 0.25) is 10.0 Å². The molecule has 20 heavy (non-hydrogen) atoms. The van der Waals surface area contributed by atoms with E-state index in [2.05, 4.69) is 0 Å². The molecule has 0 aromatic heterocycles. The molecule has 0 amide bonds. The first-order valence-electron chi connectivity index (χ1n) is 6.66. The molecular weight excluding hydrogens is 280 g/mol. The van der Waals surface area contributed by atoms with Crippen LogP contribution in [0.5, 0.6) is 0 Å². The van der Waals surface area contributed by atoms with Crippen LogP contribution in [0.4, 0.5) is 5.69 Å². The molecule has 0 saturated carbocycles. The fourth-order valence-electron chi connectivity index (χ4n) is 2.68. The summed E-state index contributed by atoms with van der Waals surface area (Å²) in [5.41, 5.74) is 6.14. The van der Waals surface area contributed by atoms with Gasteiger partial charge in [-0.3, -0.25) is 0 Å². The number of nitrogens with zero attached hydrogens (tertiary/aromatic N) is 1. The number of nitrogen functional groups attached to an aromatic ring is 1. The summed E-state index contributed by atoms with van der Waals surface area (Å²) in [5, 5.41) is 0. The summed E-state index contributed by atoms with van der Waals surface area (Å²) in [6, 6.07) is 6.24. The van der Waals surface area contributed by atoms with Crippen molar-refractivity contribution in [3.8, 4) is 0 Å². The van der Waals surface area contributed by atoms with Crippen LogP contribution in [0.2, 0.25) is 0 Å². The van der Waals surface area contributed by atoms with Gasteiger partial charge in [-0.25, -0.2) is 8.42 Å². The quantitative estimate of drug-likeness (QED) is 0.817. The molecule has 0 radical (unpaired) electrons. The third kappa shape index (κ3) is 2.42. The Balaban J connectivity index is 1.85. The van der Waals surface area contributed by atoms with Crippen molar-refractivity contribution < 1.29 is 17.9 Å². The van der Waals surface area contributed by atoms with Crippen LogP contribution in [0.1, 0.15) is 12.8 Å². The number of sulfonamides is 1. The van der Waals surface area contributed by atoms with Gasteiger partial charge in [-0.15, -0.1) is 0 Å². The van der Waals surface area contributed by atoms with Crippen LogP contribution in [-0.2, 0) is 19.5 Å². The summed E-state index contributed by atoms with van der Waals surface area (Å²) in [4.78, 5) is 0.252. The number of nitrogens with two attached hydrogens (primary N) is 1. The Morgan fingerprint density at radius 1 is 1.15 bits per heavy atom. The van der Waals surface area contributed by atoms with Gasteiger partial charge < -0.3 is 15.2 Å². The Morgan fingerprint density at radius 2 is 1.80 bits per heavy atom. The van der Waals surface area contributed by atoms with Crippen molar-refractivity contribution in [3.63, 3.8) is 0 Å². The zero-order valence-corrected chi connectivity index (χ0v) is 11.9. The molecule has 2 saturated heterocycles. The van der Waals surface area contributed by atoms with Gasteiger partial charge in [-0.2, -0.15) is 4.31 Å². The third-order valence-electron chi connectivity index (χ3n) is 3.71. The fraction of sp³-hybridized carbons (Fsp3) is 0.538. The van der Waals surface area contributed by atoms with Crippen LogP contribution in [0.15, 0.2) is 29.2 Å². The molecule has 3 rings (SSSR count). The Hall–Kier alpha value is -1.15. The van der Waals surface area contributed by atoms with Crippen molar-refractivity contribution in [2.45, 2.75) is 23.5 Å². The van der Waals surface area contributed by atoms with E-state index in [1.807, 2.05) is 0 Å². The number of rotatable bonds is 2. The summed E-state index contributed by atoms with van der Waals surface area (Å²) >= 11 is 0. The molecule has 0 unspecified atom stereocenters. The highest BCUT2D eigenvalue weighted by Crippen LogP contribution is 2.32. The Kier molecular flexibility index (Phi) is 3.45. The molecule has 2 N–H and O–H groups in total. The van der Waals surface area contributed by atoms with E-state index in [9.17, 15) is 8.42 Å². The molecule has 2 aliphatic rings. The lowest BCUT2D eigenvalue weighted by atomic mass is 10.1. The summed E-state index contributed by atoms with van der Waals surface area (Å²) in [7, 11) is -3.52. The second-order valence-corrected chi connectivity index (χ2v) is 7.06. The van der Waals surface area contributed by atoms with E-state index >= 15 is 0 Å². The van der Waals surface area contributed by atoms with Crippen molar-refractivity contribution in [3.05, 3.63) is 24.3 Å². The normalized spacial score (nSPS) is 23.2. The van der Waals surface area contributed by atoms with E-state index < -0.39 is 15.8 Å². The highest BCUT2D eigenvalue weighted by Gasteiger charge is 2.44. The first-order chi connectivity index (χ1) is 9.52. The van der Waals surface area contributed by atoms with E-state index in [1.165, 1.54) is 16.4 Å². The topological polar surface area (TPSA) is 81.9 Å². The highest BCUT2D eigenvalue weighted by molar-refractivity contribution is 7.89. The van der Waals surface area contributed by atoms with Crippen LogP contribution >= 0.6 is 0 Å². The number of hydrogen-bond donors (Lipinski definition) is 1. The lowest BCUT2D eigenvalue weighted by molar-refractivity contribution is -0.179. The average Bonchev–Trinajstić information content (AvgIpc) is 2.87. The van der Waals surface area contributed by atoms with Crippen LogP contribution < -0.4 is 5.73 Å². The SMILES string of the molecule is Nc1ccc(S(=O)(=O)N2CCCC3(C2)OCCO3)cc1. The molecule has 1 spiro atoms. The van der Waals surface area contributed by atoms with Crippen LogP contribution in [0.3, 0.4) is 0 Å². The average molecular weight is 298 g/mol. The second kappa shape index (κ2) is 5.00. The van der Waals surface area contributed by atoms with E-state index in [1.54, 1.807) is 12.1 Å². The van der Waals surface area contributed by atoms with E-state index in [-0.39, 0.29) is 11.4 Å². The van der Waals surface area contributed by atoms with Gasteiger partial charge in [0.05, 0.1) is 24.7 Å². The molecule has 0 atom stereocenters. The molecule has 2 heterocycles. The van der Waals surface area contributed by atoms with Gasteiger partial charge in [-0.1, -0.05) is 0 Å². The van der Waals surface area contributed by atoms with Crippen molar-refractivity contribution in [1.82, 2.24) is 4.31 Å². The minimum atomic E-state index is -3.52. The van der Waals surface area contributed by atoms with Gasteiger partial charge in [0, 0.05) is 18.7 Å². The standard InChI is InChI=1S/C13H18N2O4S/c14-11-2-4-12(5-3-11)20(16,17)15-7-1-6-13(10-15)18-8-9-19-13/h2-5H,1,6-10,14H2. The first kappa shape index (κ1) is 13.8. The van der Waals surface area contributed by atoms with E-state index in [4.69, 9.17) is 15.2 Å². The number of ether oxygens (including phenoxy) is 2. The maximum Gasteiger partial charge on any atom is 0.243 e. The fourth-order valence-corrected chi connectivity index (χ4v) is 4.19. The zero-order valence-electron chi connectivity index (χ0n) is 11.1. The van der Waals surface area contributed by atoms with Gasteiger partial charge in [0.15, 0.2) is 5.79 Å². The Labute approximate surface area is 118 Å². The molecule has 6 nitrogen and oxygen atoms in total. The monoisotopic (exact) mass is 298 g/mol. The predicted molar refractivity (Wildman–Crippen MR) is 73.5 cm³/mol. The lowest BCUT2D eigenvalue weighted by Crippen LogP contribution is -2.50. The summed E-state index contributed by atoms with van der Waals surface area (Å²) in [6.07, 6.45) is 1.47. The molecule has 0 bridgehead atoms. The highest BCUT2D eigenvalue weighted by atomic mass is 32.2. The smallest absolute Gasteiger partial charge is 0.243 e. The van der Waals surface area contributed by atoms with Gasteiger partial charge >= 0.3 is 0 Å². The van der Waals surface area contributed by atoms with Gasteiger partial charge in [0.1, 0.15) is 0 Å². The number of hydrogen-bond acceptors (Lipinski definition) is 5. The van der Waals surface area contributed by atoms with Crippen LogP contribution in [0.25, 0.3) is 0 Å². The predicted octanol–water partition coefficient (Wildman–Crippen LogP) is 0.796. The molecule has 2 fully saturated rings. The summed E-state index contributed by atoms with van der Waals surface area (Å²) in [6.45, 7) is 1.78. The lowest BCUT2D eigenvalue weighted by Gasteiger charge is -2.37. The van der Waals surface area contributed by atoms with E-state index in [0.29, 0.717) is 25.4 Å². The number of anilines is 1. The molecule has 110 valence electrons. The maximum absolute atomic E-state index is 12.6. The van der Waals surface area contributed by atoms with Crippen molar-refractivity contribution in [1.29, 1.82) is 0 Å². The molecular formula is C13H18N2O4S. The first-order valence-corrected chi connectivity index (χ1v) is 8.10. The summed E-state index contributed by atoms with van der Waals surface area (Å²) < 4.78 is 37.9. The van der Waals surface area contributed by atoms with Crippen molar-refractivity contribution in [2.24, 2.45) is 0 Å². The second-order valence-electron chi connectivity index (χ2n) is 5.12. The van der Waals surface area contributed by atoms with Gasteiger partial charge in [-0.05, 0) is 30.7 Å². The van der Waals surface area contributed by atoms with Crippen molar-refractivity contribution >= 4 is 15.7 Å². The van der Waals surface area contributed by atoms with E-state index in [0.717, 1.165) is 12.8 Å². The third-order valence-corrected chi connectivity index (χ3v) is 5.57. The molecule has 1 aromatic rings. The maximum atomic E-state index is 12.6. The largest absolute Gasteiger partial charge is 0.399 e. The van der Waals surface area contributed by atoms with Crippen molar-refractivity contribution in [2.75, 3.05) is 32.0 Å². The van der Waals surface area contributed by atoms with Crippen LogP contribution in [-0.4, -0.2) is 44.8 Å². The zero-order chi connectivity index (χ0) is 14.2. The molecule has 1 aromatic carbocycles.